The maximum atomic E-state index is 4.38. The van der Waals surface area contributed by atoms with Gasteiger partial charge in [0, 0.05) is 12.2 Å². The molecule has 3 heteroatoms. The molecule has 1 heterocycles. The van der Waals surface area contributed by atoms with Crippen LogP contribution in [-0.4, -0.2) is 15.8 Å². The highest BCUT2D eigenvalue weighted by Crippen LogP contribution is 2.39. The fourth-order valence-corrected chi connectivity index (χ4v) is 1.76. The molecular weight excluding hydrogens is 174 g/mol. The molecule has 14 heavy (non-hydrogen) atoms. The fourth-order valence-electron chi connectivity index (χ4n) is 1.76. The normalized spacial score (nSPS) is 18.6. The van der Waals surface area contributed by atoms with Gasteiger partial charge < -0.3 is 5.32 Å². The molecular formula is C11H19N3. The Balaban J connectivity index is 2.01. The lowest BCUT2D eigenvalue weighted by Gasteiger charge is -2.10. The molecule has 0 amide bonds. The average molecular weight is 193 g/mol. The van der Waals surface area contributed by atoms with Gasteiger partial charge in [0.05, 0.1) is 17.9 Å². The third-order valence-corrected chi connectivity index (χ3v) is 2.78. The summed E-state index contributed by atoms with van der Waals surface area (Å²) in [5.74, 6) is 0.863. The monoisotopic (exact) mass is 193 g/mol. The summed E-state index contributed by atoms with van der Waals surface area (Å²) in [6, 6.07) is 1.04. The highest BCUT2D eigenvalue weighted by molar-refractivity contribution is 5.38. The van der Waals surface area contributed by atoms with Crippen molar-refractivity contribution in [2.75, 3.05) is 5.32 Å². The highest BCUT2D eigenvalue weighted by atomic mass is 15.3. The Morgan fingerprint density at radius 1 is 1.43 bits per heavy atom. The standard InChI is InChI=1S/C11H19N3/c1-8(2)13-11-6-12-14(7-11)9(3)10-4-5-10/h6-10,13H,4-5H2,1-3H3. The van der Waals surface area contributed by atoms with Gasteiger partial charge in [-0.3, -0.25) is 4.68 Å². The minimum atomic E-state index is 0.476. The minimum absolute atomic E-state index is 0.476. The topological polar surface area (TPSA) is 29.9 Å². The average Bonchev–Trinajstić information content (AvgIpc) is 2.86. The van der Waals surface area contributed by atoms with E-state index in [2.05, 4.69) is 42.1 Å². The van der Waals surface area contributed by atoms with E-state index >= 15 is 0 Å². The third kappa shape index (κ3) is 2.08. The molecule has 1 aromatic rings. The first-order valence-electron chi connectivity index (χ1n) is 5.47. The lowest BCUT2D eigenvalue weighted by molar-refractivity contribution is 0.440. The number of aromatic nitrogens is 2. The van der Waals surface area contributed by atoms with E-state index in [0.29, 0.717) is 12.1 Å². The van der Waals surface area contributed by atoms with E-state index in [1.807, 2.05) is 6.20 Å². The number of rotatable bonds is 4. The van der Waals surface area contributed by atoms with Crippen LogP contribution in [0.5, 0.6) is 0 Å². The van der Waals surface area contributed by atoms with Gasteiger partial charge in [-0.15, -0.1) is 0 Å². The van der Waals surface area contributed by atoms with E-state index in [9.17, 15) is 0 Å². The zero-order valence-electron chi connectivity index (χ0n) is 9.20. The number of hydrogen-bond donors (Lipinski definition) is 1. The van der Waals surface area contributed by atoms with Gasteiger partial charge in [0.1, 0.15) is 0 Å². The van der Waals surface area contributed by atoms with Crippen LogP contribution in [-0.2, 0) is 0 Å². The summed E-state index contributed by atoms with van der Waals surface area (Å²) >= 11 is 0. The van der Waals surface area contributed by atoms with E-state index in [1.54, 1.807) is 0 Å². The molecule has 0 aromatic carbocycles. The van der Waals surface area contributed by atoms with Crippen molar-refractivity contribution in [3.63, 3.8) is 0 Å². The van der Waals surface area contributed by atoms with Crippen LogP contribution in [0.25, 0.3) is 0 Å². The van der Waals surface area contributed by atoms with E-state index < -0.39 is 0 Å². The molecule has 1 N–H and O–H groups in total. The molecule has 0 aliphatic heterocycles. The zero-order valence-corrected chi connectivity index (χ0v) is 9.20. The Hall–Kier alpha value is -0.990. The van der Waals surface area contributed by atoms with Crippen molar-refractivity contribution < 1.29 is 0 Å². The Labute approximate surface area is 85.5 Å². The van der Waals surface area contributed by atoms with Gasteiger partial charge in [-0.2, -0.15) is 5.10 Å². The molecule has 1 aliphatic carbocycles. The van der Waals surface area contributed by atoms with Crippen LogP contribution in [0.3, 0.4) is 0 Å². The molecule has 1 unspecified atom stereocenters. The molecule has 0 radical (unpaired) electrons. The maximum Gasteiger partial charge on any atom is 0.0728 e. The first kappa shape index (κ1) is 9.56. The number of nitrogens with zero attached hydrogens (tertiary/aromatic N) is 2. The molecule has 0 spiro atoms. The molecule has 1 aromatic heterocycles. The fraction of sp³-hybridized carbons (Fsp3) is 0.727. The second-order valence-electron chi connectivity index (χ2n) is 4.59. The van der Waals surface area contributed by atoms with Crippen molar-refractivity contribution >= 4 is 5.69 Å². The van der Waals surface area contributed by atoms with Crippen LogP contribution in [0.15, 0.2) is 12.4 Å². The summed E-state index contributed by atoms with van der Waals surface area (Å²) in [5, 5.41) is 7.74. The molecule has 0 bridgehead atoms. The lowest BCUT2D eigenvalue weighted by Crippen LogP contribution is -2.09. The molecule has 78 valence electrons. The van der Waals surface area contributed by atoms with Crippen LogP contribution in [0.1, 0.15) is 39.7 Å². The Bertz CT molecular complexity index is 299. The summed E-state index contributed by atoms with van der Waals surface area (Å²) < 4.78 is 2.09. The molecule has 1 atom stereocenters. The lowest BCUT2D eigenvalue weighted by atomic mass is 10.2. The van der Waals surface area contributed by atoms with Crippen LogP contribution in [0.4, 0.5) is 5.69 Å². The second kappa shape index (κ2) is 3.64. The van der Waals surface area contributed by atoms with Crippen molar-refractivity contribution in [1.82, 2.24) is 9.78 Å². The SMILES string of the molecule is CC(C)Nc1cnn(C(C)C2CC2)c1. The van der Waals surface area contributed by atoms with Crippen molar-refractivity contribution in [3.05, 3.63) is 12.4 Å². The number of nitrogens with one attached hydrogen (secondary N) is 1. The van der Waals surface area contributed by atoms with Crippen molar-refractivity contribution in [1.29, 1.82) is 0 Å². The van der Waals surface area contributed by atoms with E-state index in [4.69, 9.17) is 0 Å². The summed E-state index contributed by atoms with van der Waals surface area (Å²) in [4.78, 5) is 0. The molecule has 1 aliphatic rings. The smallest absolute Gasteiger partial charge is 0.0728 e. The Morgan fingerprint density at radius 2 is 2.14 bits per heavy atom. The van der Waals surface area contributed by atoms with Gasteiger partial charge in [-0.25, -0.2) is 0 Å². The zero-order chi connectivity index (χ0) is 10.1. The van der Waals surface area contributed by atoms with E-state index in [0.717, 1.165) is 11.6 Å². The predicted octanol–water partition coefficient (Wildman–Crippen LogP) is 2.67. The van der Waals surface area contributed by atoms with Gasteiger partial charge in [-0.1, -0.05) is 0 Å². The molecule has 1 fully saturated rings. The van der Waals surface area contributed by atoms with Gasteiger partial charge >= 0.3 is 0 Å². The second-order valence-corrected chi connectivity index (χ2v) is 4.59. The third-order valence-electron chi connectivity index (χ3n) is 2.78. The van der Waals surface area contributed by atoms with E-state index in [-0.39, 0.29) is 0 Å². The first-order valence-corrected chi connectivity index (χ1v) is 5.47. The Morgan fingerprint density at radius 3 is 2.71 bits per heavy atom. The molecule has 2 rings (SSSR count). The Kier molecular flexibility index (Phi) is 2.48. The number of hydrogen-bond acceptors (Lipinski definition) is 2. The van der Waals surface area contributed by atoms with Crippen molar-refractivity contribution in [3.8, 4) is 0 Å². The number of anilines is 1. The van der Waals surface area contributed by atoms with Crippen LogP contribution >= 0.6 is 0 Å². The molecule has 0 saturated heterocycles. The maximum absolute atomic E-state index is 4.38. The van der Waals surface area contributed by atoms with Gasteiger partial charge in [0.25, 0.3) is 0 Å². The summed E-state index contributed by atoms with van der Waals surface area (Å²) in [5.41, 5.74) is 1.13. The summed E-state index contributed by atoms with van der Waals surface area (Å²) in [6.07, 6.45) is 6.77. The van der Waals surface area contributed by atoms with Crippen LogP contribution < -0.4 is 5.32 Å². The van der Waals surface area contributed by atoms with Crippen molar-refractivity contribution in [2.24, 2.45) is 5.92 Å². The predicted molar refractivity (Wildman–Crippen MR) is 58.4 cm³/mol. The van der Waals surface area contributed by atoms with Crippen LogP contribution in [0, 0.1) is 5.92 Å². The van der Waals surface area contributed by atoms with Crippen molar-refractivity contribution in [2.45, 2.75) is 45.7 Å². The first-order chi connectivity index (χ1) is 6.66. The van der Waals surface area contributed by atoms with Gasteiger partial charge in [0.15, 0.2) is 0 Å². The van der Waals surface area contributed by atoms with Crippen LogP contribution in [0.2, 0.25) is 0 Å². The van der Waals surface area contributed by atoms with E-state index in [1.165, 1.54) is 12.8 Å². The minimum Gasteiger partial charge on any atom is -0.380 e. The van der Waals surface area contributed by atoms with Gasteiger partial charge in [0.2, 0.25) is 0 Å². The largest absolute Gasteiger partial charge is 0.380 e. The van der Waals surface area contributed by atoms with Gasteiger partial charge in [-0.05, 0) is 39.5 Å². The molecule has 3 nitrogen and oxygen atoms in total. The quantitative estimate of drug-likeness (QED) is 0.796. The highest BCUT2D eigenvalue weighted by Gasteiger charge is 2.29. The molecule has 1 saturated carbocycles. The summed E-state index contributed by atoms with van der Waals surface area (Å²) in [7, 11) is 0. The summed E-state index contributed by atoms with van der Waals surface area (Å²) in [6.45, 7) is 6.53.